The lowest BCUT2D eigenvalue weighted by molar-refractivity contribution is -0.143. The van der Waals surface area contributed by atoms with Crippen LogP contribution in [0.4, 0.5) is 0 Å². The maximum Gasteiger partial charge on any atom is 0.320 e. The van der Waals surface area contributed by atoms with Crippen molar-refractivity contribution in [3.63, 3.8) is 0 Å². The molecule has 1 rings (SSSR count). The molecule has 1 saturated heterocycles. The highest BCUT2D eigenvalue weighted by Crippen LogP contribution is 2.36. The second-order valence-corrected chi connectivity index (χ2v) is 11.2. The van der Waals surface area contributed by atoms with Gasteiger partial charge in [0.05, 0.1) is 6.73 Å². The molecule has 1 unspecified atom stereocenters. The van der Waals surface area contributed by atoms with Gasteiger partial charge in [-0.1, -0.05) is 20.8 Å². The maximum atomic E-state index is 11.0. The predicted octanol–water partition coefficient (Wildman–Crippen LogP) is 2.51. The topological polar surface area (TPSA) is 49.8 Å². The number of likely N-dealkylation sites (tertiary alicyclic amines) is 1. The van der Waals surface area contributed by atoms with Gasteiger partial charge >= 0.3 is 5.97 Å². The number of nitrogens with zero attached hydrogens (tertiary/aromatic N) is 1. The van der Waals surface area contributed by atoms with E-state index in [1.165, 1.54) is 0 Å². The Balaban J connectivity index is 2.53. The first-order valence-corrected chi connectivity index (χ1v) is 9.17. The summed E-state index contributed by atoms with van der Waals surface area (Å²) in [6.45, 7) is 12.3. The molecule has 0 spiro atoms. The van der Waals surface area contributed by atoms with Crippen molar-refractivity contribution in [3.8, 4) is 0 Å². The smallest absolute Gasteiger partial charge is 0.320 e. The van der Waals surface area contributed by atoms with Crippen molar-refractivity contribution in [3.05, 3.63) is 0 Å². The molecule has 4 nitrogen and oxygen atoms in total. The van der Waals surface area contributed by atoms with Gasteiger partial charge < -0.3 is 9.53 Å². The minimum Gasteiger partial charge on any atom is -0.480 e. The molecular formula is C12H25NO3Si. The van der Waals surface area contributed by atoms with Crippen LogP contribution >= 0.6 is 0 Å². The normalized spacial score (nSPS) is 23.0. The summed E-state index contributed by atoms with van der Waals surface area (Å²) in [5.41, 5.74) is 0. The standard InChI is InChI=1S/C12H25NO3Si/c1-12(2,3)17(4,5)16-9-13-8-6-7-10(13)11(14)15/h10H,6-9H2,1-5H3,(H,14,15). The molecule has 1 atom stereocenters. The highest BCUT2D eigenvalue weighted by atomic mass is 28.4. The van der Waals surface area contributed by atoms with Crippen LogP contribution in [0.25, 0.3) is 0 Å². The molecule has 0 aromatic carbocycles. The van der Waals surface area contributed by atoms with Crippen molar-refractivity contribution in [2.45, 2.75) is 57.8 Å². The molecule has 1 heterocycles. The Morgan fingerprint density at radius 1 is 1.47 bits per heavy atom. The molecule has 100 valence electrons. The Kier molecular flexibility index (Phi) is 4.38. The summed E-state index contributed by atoms with van der Waals surface area (Å²) in [4.78, 5) is 13.0. The van der Waals surface area contributed by atoms with Crippen LogP contribution in [0.15, 0.2) is 0 Å². The number of hydrogen-bond acceptors (Lipinski definition) is 3. The molecule has 1 fully saturated rings. The zero-order valence-corrected chi connectivity index (χ0v) is 12.6. The van der Waals surface area contributed by atoms with Crippen LogP contribution in [0.5, 0.6) is 0 Å². The quantitative estimate of drug-likeness (QED) is 0.788. The van der Waals surface area contributed by atoms with Crippen molar-refractivity contribution in [1.29, 1.82) is 0 Å². The van der Waals surface area contributed by atoms with Gasteiger partial charge in [-0.05, 0) is 31.0 Å². The highest BCUT2D eigenvalue weighted by Gasteiger charge is 2.39. The summed E-state index contributed by atoms with van der Waals surface area (Å²) in [6.07, 6.45) is 1.70. The minimum absolute atomic E-state index is 0.172. The van der Waals surface area contributed by atoms with Gasteiger partial charge in [0.1, 0.15) is 6.04 Å². The molecule has 17 heavy (non-hydrogen) atoms. The number of aliphatic carboxylic acids is 1. The summed E-state index contributed by atoms with van der Waals surface area (Å²) >= 11 is 0. The van der Waals surface area contributed by atoms with Crippen molar-refractivity contribution in [2.24, 2.45) is 0 Å². The SMILES string of the molecule is CC(C)(C)[Si](C)(C)OCN1CCCC1C(=O)O. The second-order valence-electron chi connectivity index (χ2n) is 6.34. The Morgan fingerprint density at radius 2 is 2.06 bits per heavy atom. The lowest BCUT2D eigenvalue weighted by Crippen LogP contribution is -2.46. The Labute approximate surface area is 105 Å². The van der Waals surface area contributed by atoms with E-state index in [2.05, 4.69) is 33.9 Å². The number of carbonyl (C=O) groups is 1. The van der Waals surface area contributed by atoms with Gasteiger partial charge in [0.15, 0.2) is 8.32 Å². The summed E-state index contributed by atoms with van der Waals surface area (Å²) in [6, 6.07) is -0.347. The Morgan fingerprint density at radius 3 is 2.53 bits per heavy atom. The Bertz CT molecular complexity index is 286. The first-order valence-electron chi connectivity index (χ1n) is 6.26. The van der Waals surface area contributed by atoms with Gasteiger partial charge in [0, 0.05) is 6.54 Å². The van der Waals surface area contributed by atoms with Gasteiger partial charge in [-0.3, -0.25) is 9.69 Å². The van der Waals surface area contributed by atoms with E-state index >= 15 is 0 Å². The summed E-state index contributed by atoms with van der Waals surface area (Å²) < 4.78 is 6.06. The first kappa shape index (κ1) is 14.7. The fraction of sp³-hybridized carbons (Fsp3) is 0.917. The zero-order valence-electron chi connectivity index (χ0n) is 11.6. The van der Waals surface area contributed by atoms with E-state index in [-0.39, 0.29) is 11.1 Å². The fourth-order valence-electron chi connectivity index (χ4n) is 1.72. The molecule has 0 radical (unpaired) electrons. The van der Waals surface area contributed by atoms with Crippen LogP contribution in [0.3, 0.4) is 0 Å². The van der Waals surface area contributed by atoms with E-state index < -0.39 is 14.3 Å². The molecule has 0 aliphatic carbocycles. The van der Waals surface area contributed by atoms with Crippen molar-refractivity contribution >= 4 is 14.3 Å². The average Bonchev–Trinajstić information content (AvgIpc) is 2.60. The van der Waals surface area contributed by atoms with E-state index in [1.807, 2.05) is 4.90 Å². The van der Waals surface area contributed by atoms with E-state index in [0.29, 0.717) is 6.73 Å². The third-order valence-electron chi connectivity index (χ3n) is 4.05. The molecule has 1 N–H and O–H groups in total. The third-order valence-corrected chi connectivity index (χ3v) is 8.51. The number of rotatable bonds is 4. The predicted molar refractivity (Wildman–Crippen MR) is 70.5 cm³/mol. The molecule has 0 aromatic rings. The Hall–Kier alpha value is -0.393. The lowest BCUT2D eigenvalue weighted by Gasteiger charge is -2.37. The van der Waals surface area contributed by atoms with E-state index in [1.54, 1.807) is 0 Å². The van der Waals surface area contributed by atoms with Crippen LogP contribution in [0, 0.1) is 0 Å². The van der Waals surface area contributed by atoms with Gasteiger partial charge in [-0.15, -0.1) is 0 Å². The van der Waals surface area contributed by atoms with Crippen LogP contribution in [0.2, 0.25) is 18.1 Å². The molecule has 0 aromatic heterocycles. The molecule has 1 aliphatic rings. The van der Waals surface area contributed by atoms with Gasteiger partial charge in [-0.2, -0.15) is 0 Å². The lowest BCUT2D eigenvalue weighted by atomic mass is 10.2. The minimum atomic E-state index is -1.77. The first-order chi connectivity index (χ1) is 7.65. The van der Waals surface area contributed by atoms with Crippen molar-refractivity contribution in [1.82, 2.24) is 4.90 Å². The molecule has 5 heteroatoms. The monoisotopic (exact) mass is 259 g/mol. The second kappa shape index (κ2) is 5.08. The molecular weight excluding hydrogens is 234 g/mol. The summed E-state index contributed by atoms with van der Waals surface area (Å²) in [5.74, 6) is -0.721. The van der Waals surface area contributed by atoms with E-state index in [0.717, 1.165) is 19.4 Å². The van der Waals surface area contributed by atoms with Crippen LogP contribution in [0.1, 0.15) is 33.6 Å². The largest absolute Gasteiger partial charge is 0.480 e. The summed E-state index contributed by atoms with van der Waals surface area (Å²) in [7, 11) is -1.77. The molecule has 0 saturated carbocycles. The molecule has 0 bridgehead atoms. The maximum absolute atomic E-state index is 11.0. The van der Waals surface area contributed by atoms with Gasteiger partial charge in [0.25, 0.3) is 0 Å². The number of carboxylic acids is 1. The average molecular weight is 259 g/mol. The van der Waals surface area contributed by atoms with Crippen molar-refractivity contribution < 1.29 is 14.3 Å². The fourth-order valence-corrected chi connectivity index (χ4v) is 2.64. The number of hydrogen-bond donors (Lipinski definition) is 1. The van der Waals surface area contributed by atoms with Gasteiger partial charge in [-0.25, -0.2) is 0 Å². The highest BCUT2D eigenvalue weighted by molar-refractivity contribution is 6.74. The van der Waals surface area contributed by atoms with E-state index in [4.69, 9.17) is 9.53 Å². The van der Waals surface area contributed by atoms with Crippen molar-refractivity contribution in [2.75, 3.05) is 13.3 Å². The van der Waals surface area contributed by atoms with E-state index in [9.17, 15) is 4.79 Å². The van der Waals surface area contributed by atoms with Crippen LogP contribution in [-0.4, -0.2) is 43.6 Å². The summed E-state index contributed by atoms with van der Waals surface area (Å²) in [5, 5.41) is 9.26. The zero-order chi connectivity index (χ0) is 13.3. The van der Waals surface area contributed by atoms with Crippen LogP contribution < -0.4 is 0 Å². The molecule has 1 aliphatic heterocycles. The number of carboxylic acid groups (broad SMARTS) is 1. The van der Waals surface area contributed by atoms with Crippen LogP contribution in [-0.2, 0) is 9.22 Å². The molecule has 0 amide bonds. The van der Waals surface area contributed by atoms with Gasteiger partial charge in [0.2, 0.25) is 0 Å². The third kappa shape index (κ3) is 3.53.